The number of hydrogen-bond donors (Lipinski definition) is 1. The Balaban J connectivity index is 1.92. The number of carbonyl (C=O) groups is 1. The summed E-state index contributed by atoms with van der Waals surface area (Å²) >= 11 is 0. The van der Waals surface area contributed by atoms with Crippen LogP contribution in [0.4, 0.5) is 8.78 Å². The minimum atomic E-state index is -1.02. The lowest BCUT2D eigenvalue weighted by Gasteiger charge is -2.32. The molecular formula is C15H17F2N5O. The van der Waals surface area contributed by atoms with Gasteiger partial charge in [0.2, 0.25) is 5.91 Å². The maximum atomic E-state index is 14.2. The Morgan fingerprint density at radius 2 is 1.96 bits per heavy atom. The van der Waals surface area contributed by atoms with Gasteiger partial charge in [-0.15, -0.1) is 5.10 Å². The van der Waals surface area contributed by atoms with E-state index in [1.54, 1.807) is 6.92 Å². The summed E-state index contributed by atoms with van der Waals surface area (Å²) < 4.78 is 29.8. The normalized spacial score (nSPS) is 17.9. The second-order valence-corrected chi connectivity index (χ2v) is 5.84. The quantitative estimate of drug-likeness (QED) is 0.936. The van der Waals surface area contributed by atoms with Crippen molar-refractivity contribution in [2.45, 2.75) is 44.2 Å². The number of carbonyl (C=O) groups excluding carboxylic acids is 1. The lowest BCUT2D eigenvalue weighted by molar-refractivity contribution is -0.126. The molecule has 122 valence electrons. The highest BCUT2D eigenvalue weighted by Gasteiger charge is 2.42. The summed E-state index contributed by atoms with van der Waals surface area (Å²) in [5.74, 6) is -1.65. The molecule has 6 nitrogen and oxygen atoms in total. The van der Waals surface area contributed by atoms with Crippen molar-refractivity contribution in [2.75, 3.05) is 0 Å². The van der Waals surface area contributed by atoms with Crippen LogP contribution in [0.5, 0.6) is 0 Å². The monoisotopic (exact) mass is 321 g/mol. The van der Waals surface area contributed by atoms with Gasteiger partial charge in [0, 0.05) is 5.56 Å². The average molecular weight is 321 g/mol. The number of benzene rings is 1. The van der Waals surface area contributed by atoms with Crippen LogP contribution in [0, 0.1) is 11.6 Å². The van der Waals surface area contributed by atoms with Gasteiger partial charge in [0.1, 0.15) is 24.0 Å². The minimum Gasteiger partial charge on any atom is -0.345 e. The summed E-state index contributed by atoms with van der Waals surface area (Å²) in [6, 6.07) is 3.09. The molecular weight excluding hydrogens is 304 g/mol. The second-order valence-electron chi connectivity index (χ2n) is 5.84. The van der Waals surface area contributed by atoms with Crippen LogP contribution >= 0.6 is 0 Å². The number of amides is 1. The molecule has 0 bridgehead atoms. The third kappa shape index (κ3) is 2.80. The number of tetrazole rings is 1. The van der Waals surface area contributed by atoms with Crippen LogP contribution in [0.15, 0.2) is 24.5 Å². The third-order valence-electron chi connectivity index (χ3n) is 4.40. The van der Waals surface area contributed by atoms with E-state index in [9.17, 15) is 13.6 Å². The summed E-state index contributed by atoms with van der Waals surface area (Å²) in [4.78, 5) is 12.5. The molecule has 23 heavy (non-hydrogen) atoms. The van der Waals surface area contributed by atoms with Gasteiger partial charge >= 0.3 is 0 Å². The molecule has 1 saturated carbocycles. The minimum absolute atomic E-state index is 0.0604. The predicted molar refractivity (Wildman–Crippen MR) is 77.2 cm³/mol. The molecule has 1 amide bonds. The van der Waals surface area contributed by atoms with Crippen LogP contribution < -0.4 is 5.32 Å². The molecule has 0 unspecified atom stereocenters. The highest BCUT2D eigenvalue weighted by Crippen LogP contribution is 2.41. The topological polar surface area (TPSA) is 72.7 Å². The molecule has 1 fully saturated rings. The summed E-state index contributed by atoms with van der Waals surface area (Å²) in [5.41, 5.74) is -1.08. The van der Waals surface area contributed by atoms with Gasteiger partial charge < -0.3 is 5.32 Å². The van der Waals surface area contributed by atoms with Crippen molar-refractivity contribution in [2.24, 2.45) is 0 Å². The van der Waals surface area contributed by atoms with E-state index in [0.717, 1.165) is 12.8 Å². The van der Waals surface area contributed by atoms with E-state index in [2.05, 4.69) is 20.8 Å². The molecule has 1 heterocycles. The Morgan fingerprint density at radius 1 is 1.30 bits per heavy atom. The Labute approximate surface area is 131 Å². The Kier molecular flexibility index (Phi) is 4.06. The first-order valence-corrected chi connectivity index (χ1v) is 7.52. The third-order valence-corrected chi connectivity index (χ3v) is 4.40. The zero-order chi connectivity index (χ0) is 16.4. The SMILES string of the molecule is C[C@@H](C(=O)NC1(c2c(F)cccc2F)CCCC1)n1cnnn1. The van der Waals surface area contributed by atoms with Crippen LogP contribution in [0.2, 0.25) is 0 Å². The fourth-order valence-electron chi connectivity index (χ4n) is 3.18. The highest BCUT2D eigenvalue weighted by molar-refractivity contribution is 5.80. The van der Waals surface area contributed by atoms with Gasteiger partial charge in [-0.25, -0.2) is 13.5 Å². The van der Waals surface area contributed by atoms with Gasteiger partial charge in [-0.05, 0) is 42.3 Å². The molecule has 1 aliphatic rings. The van der Waals surface area contributed by atoms with Crippen LogP contribution in [-0.4, -0.2) is 26.1 Å². The number of aromatic nitrogens is 4. The van der Waals surface area contributed by atoms with Crippen LogP contribution in [-0.2, 0) is 10.3 Å². The van der Waals surface area contributed by atoms with Crippen molar-refractivity contribution in [3.8, 4) is 0 Å². The lowest BCUT2D eigenvalue weighted by Crippen LogP contribution is -2.47. The number of rotatable bonds is 4. The first-order chi connectivity index (χ1) is 11.0. The van der Waals surface area contributed by atoms with Crippen molar-refractivity contribution in [1.82, 2.24) is 25.5 Å². The molecule has 1 aliphatic carbocycles. The maximum absolute atomic E-state index is 14.2. The molecule has 0 aliphatic heterocycles. The largest absolute Gasteiger partial charge is 0.345 e. The zero-order valence-electron chi connectivity index (χ0n) is 12.7. The highest BCUT2D eigenvalue weighted by atomic mass is 19.1. The molecule has 1 aromatic heterocycles. The molecule has 0 saturated heterocycles. The Bertz CT molecular complexity index is 678. The Morgan fingerprint density at radius 3 is 2.52 bits per heavy atom. The van der Waals surface area contributed by atoms with E-state index in [-0.39, 0.29) is 11.5 Å². The maximum Gasteiger partial charge on any atom is 0.245 e. The molecule has 3 rings (SSSR count). The van der Waals surface area contributed by atoms with E-state index in [4.69, 9.17) is 0 Å². The van der Waals surface area contributed by atoms with E-state index in [1.807, 2.05) is 0 Å². The van der Waals surface area contributed by atoms with Gasteiger partial charge in [-0.1, -0.05) is 18.9 Å². The number of nitrogens with one attached hydrogen (secondary N) is 1. The van der Waals surface area contributed by atoms with Crippen molar-refractivity contribution >= 4 is 5.91 Å². The number of hydrogen-bond acceptors (Lipinski definition) is 4. The summed E-state index contributed by atoms with van der Waals surface area (Å²) in [6.07, 6.45) is 3.92. The van der Waals surface area contributed by atoms with Crippen molar-refractivity contribution in [3.63, 3.8) is 0 Å². The molecule has 1 N–H and O–H groups in total. The molecule has 1 atom stereocenters. The van der Waals surface area contributed by atoms with Crippen molar-refractivity contribution in [3.05, 3.63) is 41.7 Å². The van der Waals surface area contributed by atoms with Gasteiger partial charge in [0.25, 0.3) is 0 Å². The van der Waals surface area contributed by atoms with Gasteiger partial charge in [-0.2, -0.15) is 0 Å². The number of nitrogens with zero attached hydrogens (tertiary/aromatic N) is 4. The molecule has 2 aromatic rings. The zero-order valence-corrected chi connectivity index (χ0v) is 12.7. The van der Waals surface area contributed by atoms with Gasteiger partial charge in [0.15, 0.2) is 0 Å². The van der Waals surface area contributed by atoms with E-state index in [1.165, 1.54) is 29.2 Å². The van der Waals surface area contributed by atoms with E-state index in [0.29, 0.717) is 12.8 Å². The molecule has 8 heteroatoms. The van der Waals surface area contributed by atoms with Crippen LogP contribution in [0.25, 0.3) is 0 Å². The Hall–Kier alpha value is -2.38. The van der Waals surface area contributed by atoms with Crippen LogP contribution in [0.1, 0.15) is 44.2 Å². The first kappa shape index (κ1) is 15.5. The first-order valence-electron chi connectivity index (χ1n) is 7.52. The predicted octanol–water partition coefficient (Wildman–Crippen LogP) is 2.10. The smallest absolute Gasteiger partial charge is 0.245 e. The van der Waals surface area contributed by atoms with Crippen LogP contribution in [0.3, 0.4) is 0 Å². The second kappa shape index (κ2) is 6.02. The number of halogens is 2. The van der Waals surface area contributed by atoms with Crippen molar-refractivity contribution in [1.29, 1.82) is 0 Å². The summed E-state index contributed by atoms with van der Waals surface area (Å²) in [6.45, 7) is 1.63. The van der Waals surface area contributed by atoms with Gasteiger partial charge in [0.05, 0.1) is 5.54 Å². The average Bonchev–Trinajstić information content (AvgIpc) is 3.18. The lowest BCUT2D eigenvalue weighted by atomic mass is 9.86. The molecule has 0 radical (unpaired) electrons. The van der Waals surface area contributed by atoms with Gasteiger partial charge in [-0.3, -0.25) is 4.79 Å². The van der Waals surface area contributed by atoms with E-state index < -0.39 is 23.2 Å². The summed E-state index contributed by atoms with van der Waals surface area (Å²) in [5, 5.41) is 13.5. The molecule has 0 spiro atoms. The van der Waals surface area contributed by atoms with Crippen molar-refractivity contribution < 1.29 is 13.6 Å². The fourth-order valence-corrected chi connectivity index (χ4v) is 3.18. The van der Waals surface area contributed by atoms with E-state index >= 15 is 0 Å². The molecule has 1 aromatic carbocycles. The summed E-state index contributed by atoms with van der Waals surface area (Å²) in [7, 11) is 0. The fraction of sp³-hybridized carbons (Fsp3) is 0.467. The standard InChI is InChI=1S/C15H17F2N5O/c1-10(22-9-18-20-21-22)14(23)19-15(7-2-3-8-15)13-11(16)5-4-6-12(13)17/h4-6,9-10H,2-3,7-8H2,1H3,(H,19,23)/t10-/m0/s1.